The number of rotatable bonds is 1. The number of aryl methyl sites for hydroxylation is 1. The molecule has 5 rings (SSSR count). The number of para-hydroxylation sites is 1. The van der Waals surface area contributed by atoms with E-state index in [4.69, 9.17) is 4.74 Å². The Morgan fingerprint density at radius 3 is 2.69 bits per heavy atom. The van der Waals surface area contributed by atoms with E-state index in [9.17, 15) is 14.4 Å². The molecule has 0 atom stereocenters. The molecule has 1 fully saturated rings. The Hall–Kier alpha value is -3.13. The zero-order chi connectivity index (χ0) is 20.2. The van der Waals surface area contributed by atoms with Crippen LogP contribution in [0.25, 0.3) is 10.9 Å². The normalized spacial score (nSPS) is 18.2. The van der Waals surface area contributed by atoms with Crippen LogP contribution in [-0.4, -0.2) is 45.0 Å². The first-order valence-electron chi connectivity index (χ1n) is 9.82. The number of carbonyl (C=O) groups excluding carboxylic acids is 1. The number of benzene rings is 1. The molecular weight excluding hydrogens is 372 g/mol. The maximum Gasteiger partial charge on any atom is 0.328 e. The van der Waals surface area contributed by atoms with Gasteiger partial charge in [-0.25, -0.2) is 4.79 Å². The Balaban J connectivity index is 1.43. The van der Waals surface area contributed by atoms with Crippen molar-refractivity contribution in [3.63, 3.8) is 0 Å². The first kappa shape index (κ1) is 17.9. The number of hydrogen-bond acceptors (Lipinski definition) is 4. The summed E-state index contributed by atoms with van der Waals surface area (Å²) in [7, 11) is 1.51. The van der Waals surface area contributed by atoms with Crippen LogP contribution in [0.15, 0.2) is 40.1 Å². The third kappa shape index (κ3) is 2.74. The van der Waals surface area contributed by atoms with Crippen LogP contribution < -0.4 is 11.2 Å². The fourth-order valence-corrected chi connectivity index (χ4v) is 4.62. The van der Waals surface area contributed by atoms with Gasteiger partial charge in [0.2, 0.25) is 0 Å². The first-order chi connectivity index (χ1) is 14.0. The van der Waals surface area contributed by atoms with Gasteiger partial charge >= 0.3 is 5.69 Å². The lowest BCUT2D eigenvalue weighted by atomic mass is 9.83. The number of nitrogens with one attached hydrogen (secondary N) is 2. The lowest BCUT2D eigenvalue weighted by molar-refractivity contribution is -0.0957. The van der Waals surface area contributed by atoms with Crippen LogP contribution in [0.1, 0.15) is 34.5 Å². The molecule has 0 saturated carbocycles. The number of aromatic nitrogens is 3. The minimum atomic E-state index is -0.648. The van der Waals surface area contributed by atoms with E-state index in [2.05, 4.69) is 22.1 Å². The minimum absolute atomic E-state index is 0.0149. The number of piperidine rings is 1. The number of likely N-dealkylation sites (tertiary alicyclic amines) is 1. The summed E-state index contributed by atoms with van der Waals surface area (Å²) in [5.74, 6) is -0.357. The molecule has 2 aliphatic heterocycles. The predicted octanol–water partition coefficient (Wildman–Crippen LogP) is 1.26. The Bertz CT molecular complexity index is 1230. The molecule has 29 heavy (non-hydrogen) atoms. The van der Waals surface area contributed by atoms with Crippen molar-refractivity contribution in [2.24, 2.45) is 7.05 Å². The largest absolute Gasteiger partial charge is 0.368 e. The van der Waals surface area contributed by atoms with Crippen molar-refractivity contribution in [3.05, 3.63) is 68.1 Å². The summed E-state index contributed by atoms with van der Waals surface area (Å²) in [6, 6.07) is 8.27. The number of hydrogen-bond donors (Lipinski definition) is 2. The third-order valence-electron chi connectivity index (χ3n) is 6.20. The molecule has 150 valence electrons. The highest BCUT2D eigenvalue weighted by Gasteiger charge is 2.43. The Morgan fingerprint density at radius 2 is 1.90 bits per heavy atom. The number of carbonyl (C=O) groups is 1. The van der Waals surface area contributed by atoms with Crippen LogP contribution in [0.5, 0.6) is 0 Å². The molecule has 2 aliphatic rings. The number of aromatic amines is 2. The van der Waals surface area contributed by atoms with Crippen molar-refractivity contribution in [3.8, 4) is 0 Å². The third-order valence-corrected chi connectivity index (χ3v) is 6.20. The molecule has 0 radical (unpaired) electrons. The molecule has 2 N–H and O–H groups in total. The van der Waals surface area contributed by atoms with Gasteiger partial charge in [-0.15, -0.1) is 0 Å². The second kappa shape index (κ2) is 6.45. The summed E-state index contributed by atoms with van der Waals surface area (Å²) in [5.41, 5.74) is 1.91. The molecule has 4 heterocycles. The van der Waals surface area contributed by atoms with Gasteiger partial charge in [-0.05, 0) is 30.9 Å². The molecule has 3 aromatic rings. The molecule has 0 aliphatic carbocycles. The van der Waals surface area contributed by atoms with Crippen molar-refractivity contribution in [2.75, 3.05) is 19.7 Å². The number of H-pyrrole nitrogens is 2. The number of fused-ring (bicyclic) bond motifs is 4. The lowest BCUT2D eigenvalue weighted by Crippen LogP contribution is -2.49. The topological polar surface area (TPSA) is 100 Å². The van der Waals surface area contributed by atoms with Gasteiger partial charge in [0.15, 0.2) is 0 Å². The molecule has 2 aromatic heterocycles. The molecular formula is C21H22N4O4. The second-order valence-electron chi connectivity index (χ2n) is 7.82. The van der Waals surface area contributed by atoms with E-state index in [-0.39, 0.29) is 11.5 Å². The Labute approximate surface area is 166 Å². The van der Waals surface area contributed by atoms with E-state index in [1.165, 1.54) is 28.8 Å². The van der Waals surface area contributed by atoms with Crippen molar-refractivity contribution < 1.29 is 9.53 Å². The highest BCUT2D eigenvalue weighted by atomic mass is 16.5. The van der Waals surface area contributed by atoms with Crippen LogP contribution in [0.2, 0.25) is 0 Å². The summed E-state index contributed by atoms with van der Waals surface area (Å²) in [4.78, 5) is 43.9. The van der Waals surface area contributed by atoms with E-state index in [0.29, 0.717) is 32.5 Å². The molecule has 1 aromatic carbocycles. The number of amides is 1. The summed E-state index contributed by atoms with van der Waals surface area (Å²) in [6.07, 6.45) is 3.49. The minimum Gasteiger partial charge on any atom is -0.368 e. The van der Waals surface area contributed by atoms with E-state index in [1.807, 2.05) is 12.1 Å². The first-order valence-corrected chi connectivity index (χ1v) is 9.82. The molecule has 1 spiro atoms. The highest BCUT2D eigenvalue weighted by Crippen LogP contribution is 2.43. The molecule has 8 nitrogen and oxygen atoms in total. The van der Waals surface area contributed by atoms with Gasteiger partial charge in [-0.2, -0.15) is 0 Å². The Morgan fingerprint density at radius 1 is 1.14 bits per heavy atom. The van der Waals surface area contributed by atoms with Gasteiger partial charge in [-0.1, -0.05) is 18.2 Å². The van der Waals surface area contributed by atoms with Gasteiger partial charge in [0, 0.05) is 37.2 Å². The Kier molecular flexibility index (Phi) is 3.99. The maximum absolute atomic E-state index is 12.9. The average Bonchev–Trinajstić information content (AvgIpc) is 3.11. The van der Waals surface area contributed by atoms with Gasteiger partial charge < -0.3 is 19.2 Å². The van der Waals surface area contributed by atoms with Crippen LogP contribution in [0, 0.1) is 0 Å². The highest BCUT2D eigenvalue weighted by molar-refractivity contribution is 5.93. The SMILES string of the molecule is Cn1cc(C(=O)N2CCC3(CC2)OCCc2c3[nH]c3ccccc23)c(=O)[nH]c1=O. The number of ether oxygens (including phenoxy) is 1. The maximum atomic E-state index is 12.9. The van der Waals surface area contributed by atoms with E-state index in [1.54, 1.807) is 4.90 Å². The molecule has 1 amide bonds. The van der Waals surface area contributed by atoms with Crippen molar-refractivity contribution in [2.45, 2.75) is 24.9 Å². The molecule has 0 bridgehead atoms. The molecule has 1 saturated heterocycles. The van der Waals surface area contributed by atoms with Crippen LogP contribution in [-0.2, 0) is 23.8 Å². The summed E-state index contributed by atoms with van der Waals surface area (Å²) < 4.78 is 7.48. The predicted molar refractivity (Wildman–Crippen MR) is 107 cm³/mol. The lowest BCUT2D eigenvalue weighted by Gasteiger charge is -2.43. The van der Waals surface area contributed by atoms with E-state index < -0.39 is 16.9 Å². The fourth-order valence-electron chi connectivity index (χ4n) is 4.62. The fraction of sp³-hybridized carbons (Fsp3) is 0.381. The van der Waals surface area contributed by atoms with Gasteiger partial charge in [0.25, 0.3) is 11.5 Å². The van der Waals surface area contributed by atoms with Crippen molar-refractivity contribution in [1.29, 1.82) is 0 Å². The summed E-state index contributed by atoms with van der Waals surface area (Å²) in [5, 5.41) is 1.24. The van der Waals surface area contributed by atoms with E-state index in [0.717, 1.165) is 17.6 Å². The van der Waals surface area contributed by atoms with E-state index >= 15 is 0 Å². The quantitative estimate of drug-likeness (QED) is 0.649. The smallest absolute Gasteiger partial charge is 0.328 e. The van der Waals surface area contributed by atoms with Crippen LogP contribution in [0.3, 0.4) is 0 Å². The van der Waals surface area contributed by atoms with Gasteiger partial charge in [0.05, 0.1) is 12.3 Å². The van der Waals surface area contributed by atoms with Crippen molar-refractivity contribution >= 4 is 16.8 Å². The second-order valence-corrected chi connectivity index (χ2v) is 7.82. The number of nitrogens with zero attached hydrogens (tertiary/aromatic N) is 2. The average molecular weight is 394 g/mol. The van der Waals surface area contributed by atoms with Gasteiger partial charge in [-0.3, -0.25) is 14.6 Å². The van der Waals surface area contributed by atoms with Crippen LogP contribution >= 0.6 is 0 Å². The summed E-state index contributed by atoms with van der Waals surface area (Å²) in [6.45, 7) is 1.62. The molecule has 0 unspecified atom stereocenters. The summed E-state index contributed by atoms with van der Waals surface area (Å²) >= 11 is 0. The standard InChI is InChI=1S/C21H22N4O4/c1-24-12-15(18(26)23-20(24)28)19(27)25-9-7-21(8-10-25)17-14(6-11-29-21)13-4-2-3-5-16(13)22-17/h2-5,12,22H,6-11H2,1H3,(H,23,26,28). The van der Waals surface area contributed by atoms with Gasteiger partial charge in [0.1, 0.15) is 11.2 Å². The zero-order valence-electron chi connectivity index (χ0n) is 16.2. The zero-order valence-corrected chi connectivity index (χ0v) is 16.2. The van der Waals surface area contributed by atoms with Crippen molar-refractivity contribution in [1.82, 2.24) is 19.4 Å². The molecule has 8 heteroatoms. The van der Waals surface area contributed by atoms with Crippen LogP contribution in [0.4, 0.5) is 0 Å². The monoisotopic (exact) mass is 394 g/mol.